The van der Waals surface area contributed by atoms with Crippen molar-refractivity contribution in [1.29, 1.82) is 0 Å². The van der Waals surface area contributed by atoms with E-state index in [-0.39, 0.29) is 0 Å². The molecule has 0 spiro atoms. The van der Waals surface area contributed by atoms with Gasteiger partial charge in [-0.25, -0.2) is 4.98 Å². The Hall–Kier alpha value is -2.30. The summed E-state index contributed by atoms with van der Waals surface area (Å²) in [5.74, 6) is 1.04. The average molecular weight is 390 g/mol. The molecule has 0 amide bonds. The quantitative estimate of drug-likeness (QED) is 0.492. The van der Waals surface area contributed by atoms with Crippen molar-refractivity contribution in [3.05, 3.63) is 58.6 Å². The number of hydrogen-bond donors (Lipinski definition) is 1. The molecule has 3 heterocycles. The highest BCUT2D eigenvalue weighted by atomic mass is 15.0. The molecule has 0 unspecified atom stereocenters. The van der Waals surface area contributed by atoms with Gasteiger partial charge in [-0.2, -0.15) is 0 Å². The molecule has 0 aromatic carbocycles. The van der Waals surface area contributed by atoms with E-state index in [1.54, 1.807) is 0 Å². The van der Waals surface area contributed by atoms with E-state index in [0.29, 0.717) is 6.85 Å². The topological polar surface area (TPSA) is 46.0 Å². The minimum absolute atomic E-state index is 0.482. The summed E-state index contributed by atoms with van der Waals surface area (Å²) in [7, 11) is 0. The Kier molecular flexibility index (Phi) is 6.99. The van der Waals surface area contributed by atoms with Crippen LogP contribution in [0.1, 0.15) is 76.2 Å². The lowest BCUT2D eigenvalue weighted by molar-refractivity contribution is 0.823. The van der Waals surface area contributed by atoms with E-state index < -0.39 is 0 Å². The number of aryl methyl sites for hydroxylation is 2. The summed E-state index contributed by atoms with van der Waals surface area (Å²) in [5.41, 5.74) is 7.99. The molecule has 0 bridgehead atoms. The van der Waals surface area contributed by atoms with Crippen molar-refractivity contribution in [3.8, 4) is 0 Å². The summed E-state index contributed by atoms with van der Waals surface area (Å²) in [6.45, 7) is 13.5. The van der Waals surface area contributed by atoms with Gasteiger partial charge in [-0.3, -0.25) is 4.99 Å². The lowest BCUT2D eigenvalue weighted by Crippen LogP contribution is -2.26. The molecular formula is C24H35BN4. The van der Waals surface area contributed by atoms with E-state index in [1.165, 1.54) is 55.2 Å². The fourth-order valence-electron chi connectivity index (χ4n) is 4.36. The highest BCUT2D eigenvalue weighted by molar-refractivity contribution is 6.57. The minimum Gasteiger partial charge on any atom is -0.376 e. The second kappa shape index (κ2) is 9.47. The zero-order valence-corrected chi connectivity index (χ0v) is 19.0. The van der Waals surface area contributed by atoms with E-state index in [1.807, 2.05) is 6.20 Å². The van der Waals surface area contributed by atoms with Crippen molar-refractivity contribution < 1.29 is 0 Å². The van der Waals surface area contributed by atoms with Crippen LogP contribution in [0.4, 0.5) is 0 Å². The number of aromatic nitrogens is 3. The van der Waals surface area contributed by atoms with Crippen molar-refractivity contribution in [3.63, 3.8) is 0 Å². The van der Waals surface area contributed by atoms with Crippen LogP contribution in [-0.2, 0) is 0 Å². The maximum absolute atomic E-state index is 4.91. The molecule has 4 nitrogen and oxygen atoms in total. The van der Waals surface area contributed by atoms with Gasteiger partial charge < -0.3 is 9.46 Å². The molecule has 0 radical (unpaired) electrons. The van der Waals surface area contributed by atoms with E-state index >= 15 is 0 Å². The Morgan fingerprint density at radius 2 is 1.76 bits per heavy atom. The minimum atomic E-state index is 0.482. The van der Waals surface area contributed by atoms with Crippen LogP contribution in [0.25, 0.3) is 5.57 Å². The smallest absolute Gasteiger partial charge is 0.261 e. The van der Waals surface area contributed by atoms with Gasteiger partial charge in [-0.05, 0) is 51.0 Å². The van der Waals surface area contributed by atoms with Gasteiger partial charge in [0.15, 0.2) is 0 Å². The fraction of sp³-hybridized carbons (Fsp3) is 0.500. The van der Waals surface area contributed by atoms with Gasteiger partial charge >= 0.3 is 0 Å². The van der Waals surface area contributed by atoms with Gasteiger partial charge in [0, 0.05) is 23.8 Å². The number of imidazole rings is 1. The second-order valence-electron chi connectivity index (χ2n) is 8.41. The molecule has 154 valence electrons. The van der Waals surface area contributed by atoms with Crippen LogP contribution in [0.3, 0.4) is 0 Å². The normalized spacial score (nSPS) is 15.5. The molecule has 2 aromatic rings. The summed E-state index contributed by atoms with van der Waals surface area (Å²) < 4.78 is 2.42. The second-order valence-corrected chi connectivity index (χ2v) is 8.41. The van der Waals surface area contributed by atoms with E-state index in [0.717, 1.165) is 28.5 Å². The number of aliphatic imine (C=N–C) groups is 1. The zero-order valence-electron chi connectivity index (χ0n) is 19.0. The van der Waals surface area contributed by atoms with Crippen LogP contribution in [0, 0.1) is 13.8 Å². The highest BCUT2D eigenvalue weighted by Crippen LogP contribution is 2.35. The Morgan fingerprint density at radius 1 is 1.07 bits per heavy atom. The number of rotatable bonds is 9. The fourth-order valence-corrected chi connectivity index (χ4v) is 4.36. The van der Waals surface area contributed by atoms with Crippen LogP contribution in [0.15, 0.2) is 40.8 Å². The first-order chi connectivity index (χ1) is 14.0. The molecule has 3 rings (SSSR count). The number of hydrogen-bond acceptors (Lipinski definition) is 2. The molecule has 0 saturated heterocycles. The molecule has 1 aliphatic heterocycles. The maximum Gasteiger partial charge on any atom is 0.261 e. The molecule has 0 saturated carbocycles. The summed E-state index contributed by atoms with van der Waals surface area (Å²) in [4.78, 5) is 13.4. The van der Waals surface area contributed by atoms with Gasteiger partial charge in [0.2, 0.25) is 0 Å². The first kappa shape index (κ1) is 21.4. The number of nitrogens with zero attached hydrogens (tertiary/aromatic N) is 3. The van der Waals surface area contributed by atoms with Crippen molar-refractivity contribution in [2.45, 2.75) is 79.9 Å². The Labute approximate surface area is 176 Å². The Morgan fingerprint density at radius 3 is 2.28 bits per heavy atom. The van der Waals surface area contributed by atoms with Gasteiger partial charge in [-0.15, -0.1) is 0 Å². The van der Waals surface area contributed by atoms with Crippen LogP contribution in [0.2, 0.25) is 12.6 Å². The zero-order chi connectivity index (χ0) is 21.0. The number of H-pyrrole nitrogens is 1. The summed E-state index contributed by atoms with van der Waals surface area (Å²) >= 11 is 0. The Bertz CT molecular complexity index is 934. The third-order valence-corrected chi connectivity index (χ3v) is 5.79. The molecule has 29 heavy (non-hydrogen) atoms. The van der Waals surface area contributed by atoms with Crippen molar-refractivity contribution in [1.82, 2.24) is 14.4 Å². The van der Waals surface area contributed by atoms with Crippen molar-refractivity contribution in [2.75, 3.05) is 0 Å². The third-order valence-electron chi connectivity index (χ3n) is 5.79. The van der Waals surface area contributed by atoms with Crippen molar-refractivity contribution >= 4 is 18.1 Å². The number of aromatic amines is 1. The molecule has 0 aliphatic carbocycles. The largest absolute Gasteiger partial charge is 0.376 e. The predicted molar refractivity (Wildman–Crippen MR) is 126 cm³/mol. The molecular weight excluding hydrogens is 355 g/mol. The summed E-state index contributed by atoms with van der Waals surface area (Å²) in [5, 5.41) is 0. The van der Waals surface area contributed by atoms with E-state index in [2.05, 4.69) is 69.3 Å². The molecule has 1 N–H and O–H groups in total. The summed E-state index contributed by atoms with van der Waals surface area (Å²) in [6, 6.07) is 2.21. The van der Waals surface area contributed by atoms with Crippen molar-refractivity contribution in [2.24, 2.45) is 4.99 Å². The SMILES string of the molecule is CCCCB(CCCC)n1ccnc1/C(=C1\N=C(C)C=C1C)c1[nH]c(C)cc1C. The standard InChI is InChI=1S/C24H35BN4/c1-7-9-11-25(12-10-8-2)29-14-13-26-24(29)21(22-17(3)15-19(5)27-22)23-18(4)16-20(6)28-23/h13-16,27H,7-12H2,1-6H3/b23-21-. The van der Waals surface area contributed by atoms with Gasteiger partial charge in [0.25, 0.3) is 6.85 Å². The third kappa shape index (κ3) is 4.65. The first-order valence-electron chi connectivity index (χ1n) is 11.1. The number of allylic oxidation sites excluding steroid dienone is 2. The van der Waals surface area contributed by atoms with E-state index in [9.17, 15) is 0 Å². The predicted octanol–water partition coefficient (Wildman–Crippen LogP) is 6.45. The van der Waals surface area contributed by atoms with Crippen LogP contribution >= 0.6 is 0 Å². The molecule has 0 atom stereocenters. The maximum atomic E-state index is 4.91. The van der Waals surface area contributed by atoms with Crippen LogP contribution in [-0.4, -0.2) is 27.0 Å². The monoisotopic (exact) mass is 390 g/mol. The highest BCUT2D eigenvalue weighted by Gasteiger charge is 2.26. The summed E-state index contributed by atoms with van der Waals surface area (Å²) in [6.07, 6.45) is 13.6. The van der Waals surface area contributed by atoms with Gasteiger partial charge in [0.1, 0.15) is 5.82 Å². The number of unbranched alkanes of at least 4 members (excludes halogenated alkanes) is 2. The molecule has 2 aromatic heterocycles. The average Bonchev–Trinajstić information content (AvgIpc) is 3.36. The Balaban J connectivity index is 2.17. The lowest BCUT2D eigenvalue weighted by Gasteiger charge is -2.20. The van der Waals surface area contributed by atoms with Gasteiger partial charge in [0.05, 0.1) is 17.0 Å². The van der Waals surface area contributed by atoms with Crippen LogP contribution < -0.4 is 0 Å². The first-order valence-corrected chi connectivity index (χ1v) is 11.1. The molecule has 0 fully saturated rings. The van der Waals surface area contributed by atoms with Gasteiger partial charge in [-0.1, -0.05) is 52.2 Å². The lowest BCUT2D eigenvalue weighted by atomic mass is 9.54. The molecule has 5 heteroatoms. The van der Waals surface area contributed by atoms with E-state index in [4.69, 9.17) is 9.98 Å². The molecule has 1 aliphatic rings. The number of nitrogens with one attached hydrogen (secondary N) is 1. The van der Waals surface area contributed by atoms with Crippen LogP contribution in [0.5, 0.6) is 0 Å².